The number of carbonyl (C=O) groups is 1. The SMILES string of the molecule is CCC1(O)CC2C[N@](CCc3c([nH]c4ccccc34)[C@@](C)(c3cc4c(cc3C)N(C)C3C45CCN4CC=C[C@](CC)(C45)[C@@H](O)[C@]3(O)C(=O)NCCCO)C2)C1. The maximum atomic E-state index is 14.5. The van der Waals surface area contributed by atoms with Crippen molar-refractivity contribution in [2.75, 3.05) is 57.8 Å². The van der Waals surface area contributed by atoms with Gasteiger partial charge in [0.05, 0.1) is 11.6 Å². The summed E-state index contributed by atoms with van der Waals surface area (Å²) in [6, 6.07) is 12.6. The molecule has 2 bridgehead atoms. The van der Waals surface area contributed by atoms with Gasteiger partial charge in [0, 0.05) is 90.9 Å². The maximum absolute atomic E-state index is 14.5. The Labute approximate surface area is 325 Å². The molecule has 55 heavy (non-hydrogen) atoms. The van der Waals surface area contributed by atoms with E-state index in [1.807, 2.05) is 7.05 Å². The average Bonchev–Trinajstić information content (AvgIpc) is 3.83. The number of amides is 1. The number of aliphatic hydroxyl groups excluding tert-OH is 2. The van der Waals surface area contributed by atoms with Gasteiger partial charge in [-0.1, -0.05) is 50.3 Å². The van der Waals surface area contributed by atoms with Crippen molar-refractivity contribution in [1.29, 1.82) is 0 Å². The van der Waals surface area contributed by atoms with Crippen LogP contribution in [0.15, 0.2) is 48.6 Å². The van der Waals surface area contributed by atoms with Crippen molar-refractivity contribution in [2.45, 2.75) is 113 Å². The van der Waals surface area contributed by atoms with Crippen LogP contribution in [0.3, 0.4) is 0 Å². The summed E-state index contributed by atoms with van der Waals surface area (Å²) in [5, 5.41) is 51.3. The van der Waals surface area contributed by atoms with Gasteiger partial charge in [0.2, 0.25) is 0 Å². The van der Waals surface area contributed by atoms with Crippen LogP contribution in [0.1, 0.15) is 87.2 Å². The fourth-order valence-corrected chi connectivity index (χ4v) is 13.5. The third kappa shape index (κ3) is 4.97. The average molecular weight is 752 g/mol. The van der Waals surface area contributed by atoms with Gasteiger partial charge < -0.3 is 35.6 Å². The Kier molecular flexibility index (Phi) is 8.74. The van der Waals surface area contributed by atoms with E-state index in [1.54, 1.807) is 0 Å². The number of H-pyrrole nitrogens is 1. The number of rotatable bonds is 7. The van der Waals surface area contributed by atoms with E-state index >= 15 is 0 Å². The third-order valence-electron chi connectivity index (χ3n) is 15.7. The first-order valence-corrected chi connectivity index (χ1v) is 21.0. The van der Waals surface area contributed by atoms with Crippen molar-refractivity contribution in [3.63, 3.8) is 0 Å². The van der Waals surface area contributed by atoms with E-state index in [-0.39, 0.29) is 25.1 Å². The number of aromatic nitrogens is 1. The molecule has 1 aromatic heterocycles. The molecule has 3 fully saturated rings. The van der Waals surface area contributed by atoms with E-state index in [0.29, 0.717) is 19.4 Å². The van der Waals surface area contributed by atoms with Crippen molar-refractivity contribution in [3.05, 3.63) is 76.5 Å². The minimum Gasteiger partial charge on any atom is -0.396 e. The molecule has 10 heteroatoms. The van der Waals surface area contributed by atoms with E-state index in [2.05, 4.69) is 101 Å². The van der Waals surface area contributed by atoms with Crippen molar-refractivity contribution in [1.82, 2.24) is 20.1 Å². The number of benzene rings is 2. The molecule has 2 aromatic carbocycles. The predicted octanol–water partition coefficient (Wildman–Crippen LogP) is 3.89. The number of piperidine rings is 1. The zero-order chi connectivity index (χ0) is 38.7. The summed E-state index contributed by atoms with van der Waals surface area (Å²) in [6.45, 7) is 13.1. The van der Waals surface area contributed by atoms with Crippen molar-refractivity contribution >= 4 is 22.5 Å². The van der Waals surface area contributed by atoms with Crippen LogP contribution in [0.4, 0.5) is 5.69 Å². The summed E-state index contributed by atoms with van der Waals surface area (Å²) in [4.78, 5) is 25.6. The topological polar surface area (TPSA) is 136 Å². The molecule has 6 heterocycles. The monoisotopic (exact) mass is 751 g/mol. The summed E-state index contributed by atoms with van der Waals surface area (Å²) in [5.74, 6) is -0.299. The van der Waals surface area contributed by atoms with Gasteiger partial charge in [0.25, 0.3) is 5.91 Å². The Morgan fingerprint density at radius 1 is 1.05 bits per heavy atom. The van der Waals surface area contributed by atoms with Gasteiger partial charge in [-0.15, -0.1) is 0 Å². The minimum atomic E-state index is -2.12. The molecule has 10 atom stereocenters. The minimum absolute atomic E-state index is 0.0752. The number of aromatic amines is 1. The summed E-state index contributed by atoms with van der Waals surface area (Å²) < 4.78 is 0. The Hall–Kier alpha value is -3.25. The molecule has 0 radical (unpaired) electrons. The maximum Gasteiger partial charge on any atom is 0.256 e. The Bertz CT molecular complexity index is 2050. The molecule has 6 N–H and O–H groups in total. The standard InChI is InChI=1S/C45H61N5O5/c1-6-42(54)25-29-24-41(4,36-31(14-19-49(26-29)27-42)30-12-8-9-13-34(30)47-36)32-23-33-35(22-28(32)3)48(5)38-44(33)16-20-50-18-10-15-43(7-2,37(44)50)39(52)45(38,55)40(53)46-17-11-21-51/h8-10,12-13,15,22-23,29,37-39,47,51-52,54-55H,6-7,11,14,16-21,24-27H2,1-5H3,(H,46,53)/t29?,37?,38?,39-,41-,42?,43-,44?,45+/m1/s1. The number of hydrogen-bond acceptors (Lipinski definition) is 8. The Morgan fingerprint density at radius 3 is 2.62 bits per heavy atom. The lowest BCUT2D eigenvalue weighted by atomic mass is 9.47. The lowest BCUT2D eigenvalue weighted by molar-refractivity contribution is -0.203. The number of carbonyl (C=O) groups excluding carboxylic acids is 1. The number of nitrogens with one attached hydrogen (secondary N) is 2. The first kappa shape index (κ1) is 37.3. The number of hydrogen-bond donors (Lipinski definition) is 6. The van der Waals surface area contributed by atoms with Gasteiger partial charge in [-0.05, 0) is 106 Å². The number of aryl methyl sites for hydroxylation is 1. The molecule has 1 amide bonds. The largest absolute Gasteiger partial charge is 0.396 e. The number of nitrogens with zero attached hydrogens (tertiary/aromatic N) is 3. The zero-order valence-electron chi connectivity index (χ0n) is 33.4. The number of likely N-dealkylation sites (N-methyl/N-ethyl adjacent to an activating group) is 1. The number of para-hydroxylation sites is 1. The van der Waals surface area contributed by atoms with Gasteiger partial charge in [-0.3, -0.25) is 14.6 Å². The molecule has 2 saturated heterocycles. The van der Waals surface area contributed by atoms with Crippen LogP contribution in [-0.2, 0) is 22.0 Å². The van der Waals surface area contributed by atoms with Gasteiger partial charge in [-0.2, -0.15) is 0 Å². The Morgan fingerprint density at radius 2 is 1.85 bits per heavy atom. The van der Waals surface area contributed by atoms with E-state index in [1.165, 1.54) is 22.2 Å². The van der Waals surface area contributed by atoms with Gasteiger partial charge in [0.1, 0.15) is 6.10 Å². The molecule has 5 unspecified atom stereocenters. The third-order valence-corrected chi connectivity index (χ3v) is 15.7. The van der Waals surface area contributed by atoms with E-state index in [0.717, 1.165) is 80.6 Å². The van der Waals surface area contributed by atoms with Crippen LogP contribution >= 0.6 is 0 Å². The highest BCUT2D eigenvalue weighted by molar-refractivity contribution is 5.90. The highest BCUT2D eigenvalue weighted by Gasteiger charge is 2.78. The van der Waals surface area contributed by atoms with Crippen molar-refractivity contribution in [2.24, 2.45) is 11.3 Å². The van der Waals surface area contributed by atoms with E-state index in [9.17, 15) is 25.2 Å². The molecular formula is C45H61N5O5. The molecule has 1 saturated carbocycles. The fraction of sp³-hybridized carbons (Fsp3) is 0.622. The van der Waals surface area contributed by atoms with Gasteiger partial charge >= 0.3 is 0 Å². The summed E-state index contributed by atoms with van der Waals surface area (Å²) in [6.07, 6.45) is 7.82. The van der Waals surface area contributed by atoms with Crippen LogP contribution in [0.25, 0.3) is 10.9 Å². The van der Waals surface area contributed by atoms with Gasteiger partial charge in [0.15, 0.2) is 5.60 Å². The highest BCUT2D eigenvalue weighted by Crippen LogP contribution is 2.67. The molecular weight excluding hydrogens is 691 g/mol. The molecule has 9 rings (SSSR count). The highest BCUT2D eigenvalue weighted by atomic mass is 16.4. The van der Waals surface area contributed by atoms with Crippen LogP contribution in [0.5, 0.6) is 0 Å². The summed E-state index contributed by atoms with van der Waals surface area (Å²) in [5.41, 5.74) is 3.52. The molecule has 3 aromatic rings. The van der Waals surface area contributed by atoms with Crippen LogP contribution < -0.4 is 10.2 Å². The molecule has 10 nitrogen and oxygen atoms in total. The normalized spacial score (nSPS) is 39.1. The molecule has 6 aliphatic rings. The first-order chi connectivity index (χ1) is 26.3. The summed E-state index contributed by atoms with van der Waals surface area (Å²) in [7, 11) is 2.00. The van der Waals surface area contributed by atoms with E-state index in [4.69, 9.17) is 0 Å². The molecule has 5 aliphatic heterocycles. The second-order valence-electron chi connectivity index (χ2n) is 18.5. The van der Waals surface area contributed by atoms with Crippen LogP contribution in [-0.4, -0.2) is 123 Å². The molecule has 1 aliphatic carbocycles. The fourth-order valence-electron chi connectivity index (χ4n) is 13.5. The molecule has 296 valence electrons. The van der Waals surface area contributed by atoms with Gasteiger partial charge in [-0.25, -0.2) is 0 Å². The summed E-state index contributed by atoms with van der Waals surface area (Å²) >= 11 is 0. The number of aliphatic hydroxyl groups is 4. The zero-order valence-corrected chi connectivity index (χ0v) is 33.4. The van der Waals surface area contributed by atoms with E-state index < -0.39 is 45.5 Å². The predicted molar refractivity (Wildman–Crippen MR) is 215 cm³/mol. The molecule has 1 spiro atoms. The smallest absolute Gasteiger partial charge is 0.256 e. The first-order valence-electron chi connectivity index (χ1n) is 21.0. The van der Waals surface area contributed by atoms with Crippen LogP contribution in [0, 0.1) is 18.3 Å². The van der Waals surface area contributed by atoms with Crippen molar-refractivity contribution < 1.29 is 25.2 Å². The van der Waals surface area contributed by atoms with Crippen LogP contribution in [0.2, 0.25) is 0 Å². The van der Waals surface area contributed by atoms with Crippen molar-refractivity contribution in [3.8, 4) is 0 Å². The lowest BCUT2D eigenvalue weighted by Crippen LogP contribution is -2.81. The Balaban J connectivity index is 1.27. The second kappa shape index (κ2) is 12.9. The number of fused-ring (bicyclic) bond motifs is 6. The second-order valence-corrected chi connectivity index (χ2v) is 18.5. The number of anilines is 1. The lowest BCUT2D eigenvalue weighted by Gasteiger charge is -2.63. The quantitative estimate of drug-likeness (QED) is 0.158.